The number of hydrogen-bond donors (Lipinski definition) is 3. The van der Waals surface area contributed by atoms with Gasteiger partial charge in [-0.25, -0.2) is 13.6 Å². The minimum atomic E-state index is -2.55. The molecule has 0 aromatic carbocycles. The van der Waals surface area contributed by atoms with Crippen LogP contribution in [0.4, 0.5) is 19.4 Å². The lowest BCUT2D eigenvalue weighted by Crippen LogP contribution is -2.43. The summed E-state index contributed by atoms with van der Waals surface area (Å²) in [5, 5.41) is 9.03. The van der Waals surface area contributed by atoms with Crippen molar-refractivity contribution in [1.29, 1.82) is 0 Å². The van der Waals surface area contributed by atoms with Crippen molar-refractivity contribution >= 4 is 11.9 Å². The summed E-state index contributed by atoms with van der Waals surface area (Å²) in [5.74, 6) is 0.636. The van der Waals surface area contributed by atoms with Crippen molar-refractivity contribution in [2.45, 2.75) is 56.1 Å². The van der Waals surface area contributed by atoms with Crippen LogP contribution in [0, 0.1) is 0 Å². The van der Waals surface area contributed by atoms with Gasteiger partial charge in [0.25, 0.3) is 6.43 Å². The Kier molecular flexibility index (Phi) is 3.46. The molecule has 0 radical (unpaired) electrons. The Morgan fingerprint density at radius 3 is 2.86 bits per heavy atom. The van der Waals surface area contributed by atoms with Crippen LogP contribution >= 0.6 is 0 Å². The first-order chi connectivity index (χ1) is 9.98. The summed E-state index contributed by atoms with van der Waals surface area (Å²) >= 11 is 0. The van der Waals surface area contributed by atoms with E-state index < -0.39 is 18.1 Å². The highest BCUT2D eigenvalue weighted by atomic mass is 19.3. The highest BCUT2D eigenvalue weighted by Crippen LogP contribution is 2.41. The fourth-order valence-electron chi connectivity index (χ4n) is 2.81. The van der Waals surface area contributed by atoms with E-state index in [1.54, 1.807) is 6.07 Å². The molecule has 3 rings (SSSR count). The predicted octanol–water partition coefficient (Wildman–Crippen LogP) is 2.15. The molecule has 1 heterocycles. The quantitative estimate of drug-likeness (QED) is 0.794. The van der Waals surface area contributed by atoms with Crippen molar-refractivity contribution in [3.63, 3.8) is 0 Å². The van der Waals surface area contributed by atoms with E-state index in [9.17, 15) is 13.6 Å². The zero-order valence-electron chi connectivity index (χ0n) is 11.4. The maximum Gasteiger partial charge on any atom is 0.408 e. The summed E-state index contributed by atoms with van der Waals surface area (Å²) in [5.41, 5.74) is 5.12. The monoisotopic (exact) mass is 300 g/mol. The van der Waals surface area contributed by atoms with Gasteiger partial charge in [0.15, 0.2) is 0 Å². The fraction of sp³-hybridized carbons (Fsp3) is 0.692. The van der Waals surface area contributed by atoms with E-state index in [0.29, 0.717) is 31.5 Å². The van der Waals surface area contributed by atoms with Crippen LogP contribution in [0.25, 0.3) is 0 Å². The Morgan fingerprint density at radius 1 is 1.52 bits per heavy atom. The Balaban J connectivity index is 1.50. The first kappa shape index (κ1) is 14.1. The zero-order valence-corrected chi connectivity index (χ0v) is 11.4. The van der Waals surface area contributed by atoms with Gasteiger partial charge in [0.2, 0.25) is 0 Å². The highest BCUT2D eigenvalue weighted by Gasteiger charge is 2.53. The van der Waals surface area contributed by atoms with Crippen LogP contribution in [0.1, 0.15) is 43.7 Å². The topological polar surface area (TPSA) is 93.0 Å². The lowest BCUT2D eigenvalue weighted by Gasteiger charge is -2.18. The number of aromatic amines is 1. The molecule has 116 valence electrons. The minimum absolute atomic E-state index is 0.206. The molecule has 8 heteroatoms. The number of nitrogen functional groups attached to an aromatic ring is 1. The molecular formula is C13H18F2N4O2. The fourth-order valence-corrected chi connectivity index (χ4v) is 2.81. The number of nitrogens with two attached hydrogens (primary N) is 1. The standard InChI is InChI=1S/C13H18F2N4O2/c14-11(15)13(3-4-13)17-12(20)21-8-2-1-7(5-8)9-6-10(16)19-18-9/h6-8,11H,1-5H2,(H,17,20)(H3,16,18,19)/t7-,8+/m0/s1. The number of alkyl halides is 2. The number of carbonyl (C=O) groups is 1. The smallest absolute Gasteiger partial charge is 0.408 e. The first-order valence-corrected chi connectivity index (χ1v) is 7.06. The molecule has 2 saturated carbocycles. The number of halogens is 2. The second-order valence-corrected chi connectivity index (χ2v) is 5.87. The molecule has 2 aliphatic carbocycles. The first-order valence-electron chi connectivity index (χ1n) is 7.06. The van der Waals surface area contributed by atoms with Gasteiger partial charge in [0, 0.05) is 17.7 Å². The minimum Gasteiger partial charge on any atom is -0.446 e. The third kappa shape index (κ3) is 2.93. The van der Waals surface area contributed by atoms with Crippen LogP contribution in [-0.4, -0.2) is 34.4 Å². The van der Waals surface area contributed by atoms with E-state index in [1.165, 1.54) is 0 Å². The molecule has 2 fully saturated rings. The number of amides is 1. The van der Waals surface area contributed by atoms with E-state index in [2.05, 4.69) is 15.5 Å². The molecule has 1 aromatic heterocycles. The second-order valence-electron chi connectivity index (χ2n) is 5.87. The van der Waals surface area contributed by atoms with Gasteiger partial charge in [-0.15, -0.1) is 0 Å². The maximum atomic E-state index is 12.7. The second kappa shape index (κ2) is 5.16. The van der Waals surface area contributed by atoms with Crippen LogP contribution in [0.5, 0.6) is 0 Å². The van der Waals surface area contributed by atoms with Crippen molar-refractivity contribution in [2.24, 2.45) is 0 Å². The lowest BCUT2D eigenvalue weighted by molar-refractivity contribution is 0.0606. The largest absolute Gasteiger partial charge is 0.446 e. The average molecular weight is 300 g/mol. The molecule has 21 heavy (non-hydrogen) atoms. The van der Waals surface area contributed by atoms with Crippen molar-refractivity contribution in [3.8, 4) is 0 Å². The summed E-state index contributed by atoms with van der Waals surface area (Å²) in [7, 11) is 0. The van der Waals surface area contributed by atoms with Crippen LogP contribution in [0.3, 0.4) is 0 Å². The van der Waals surface area contributed by atoms with Crippen molar-refractivity contribution in [3.05, 3.63) is 11.8 Å². The number of nitrogens with one attached hydrogen (secondary N) is 2. The molecule has 0 spiro atoms. The van der Waals surface area contributed by atoms with Crippen molar-refractivity contribution < 1.29 is 18.3 Å². The van der Waals surface area contributed by atoms with Crippen molar-refractivity contribution in [1.82, 2.24) is 15.5 Å². The van der Waals surface area contributed by atoms with E-state index in [0.717, 1.165) is 12.1 Å². The zero-order chi connectivity index (χ0) is 15.0. The Bertz CT molecular complexity index is 530. The molecule has 6 nitrogen and oxygen atoms in total. The van der Waals surface area contributed by atoms with E-state index in [4.69, 9.17) is 10.5 Å². The Hall–Kier alpha value is -1.86. The van der Waals surface area contributed by atoms with Crippen LogP contribution < -0.4 is 11.1 Å². The van der Waals surface area contributed by atoms with E-state index >= 15 is 0 Å². The van der Waals surface area contributed by atoms with E-state index in [-0.39, 0.29) is 12.0 Å². The summed E-state index contributed by atoms with van der Waals surface area (Å²) in [4.78, 5) is 11.7. The van der Waals surface area contributed by atoms with Gasteiger partial charge in [0.1, 0.15) is 17.5 Å². The van der Waals surface area contributed by atoms with Crippen LogP contribution in [-0.2, 0) is 4.74 Å². The molecule has 1 aromatic rings. The highest BCUT2D eigenvalue weighted by molar-refractivity contribution is 5.69. The molecule has 0 saturated heterocycles. The van der Waals surface area contributed by atoms with Gasteiger partial charge in [-0.2, -0.15) is 5.10 Å². The normalized spacial score (nSPS) is 26.8. The SMILES string of the molecule is Nc1cc([C@H]2CC[C@@H](OC(=O)NC3(C(F)F)CC3)C2)[nH]n1. The number of alkyl carbamates (subject to hydrolysis) is 1. The molecule has 1 amide bonds. The van der Waals surface area contributed by atoms with Gasteiger partial charge in [-0.1, -0.05) is 0 Å². The summed E-state index contributed by atoms with van der Waals surface area (Å²) in [6.07, 6.45) is -0.736. The number of rotatable bonds is 4. The van der Waals surface area contributed by atoms with Gasteiger partial charge in [-0.3, -0.25) is 5.10 Å². The average Bonchev–Trinajstić information content (AvgIpc) is 2.84. The van der Waals surface area contributed by atoms with E-state index in [1.807, 2.05) is 0 Å². The van der Waals surface area contributed by atoms with Crippen LogP contribution in [0.15, 0.2) is 6.07 Å². The number of H-pyrrole nitrogens is 1. The number of nitrogens with zero attached hydrogens (tertiary/aromatic N) is 1. The third-order valence-electron chi connectivity index (χ3n) is 4.27. The van der Waals surface area contributed by atoms with Gasteiger partial charge in [-0.05, 0) is 32.1 Å². The molecule has 4 N–H and O–H groups in total. The molecule has 0 unspecified atom stereocenters. The molecule has 0 bridgehead atoms. The number of ether oxygens (including phenoxy) is 1. The Morgan fingerprint density at radius 2 is 2.29 bits per heavy atom. The number of anilines is 1. The summed E-state index contributed by atoms with van der Waals surface area (Å²) in [6.45, 7) is 0. The number of hydrogen-bond acceptors (Lipinski definition) is 4. The summed E-state index contributed by atoms with van der Waals surface area (Å²) in [6, 6.07) is 1.77. The van der Waals surface area contributed by atoms with Crippen LogP contribution in [0.2, 0.25) is 0 Å². The lowest BCUT2D eigenvalue weighted by atomic mass is 10.0. The van der Waals surface area contributed by atoms with Gasteiger partial charge >= 0.3 is 6.09 Å². The summed E-state index contributed by atoms with van der Waals surface area (Å²) < 4.78 is 30.7. The van der Waals surface area contributed by atoms with Gasteiger partial charge < -0.3 is 15.8 Å². The molecule has 2 aliphatic rings. The third-order valence-corrected chi connectivity index (χ3v) is 4.27. The molecule has 2 atom stereocenters. The maximum absolute atomic E-state index is 12.7. The van der Waals surface area contributed by atoms with Gasteiger partial charge in [0.05, 0.1) is 0 Å². The molecule has 0 aliphatic heterocycles. The predicted molar refractivity (Wildman–Crippen MR) is 71.0 cm³/mol. The number of carbonyl (C=O) groups excluding carboxylic acids is 1. The molecular weight excluding hydrogens is 282 g/mol. The number of aromatic nitrogens is 2. The van der Waals surface area contributed by atoms with Crippen molar-refractivity contribution in [2.75, 3.05) is 5.73 Å². The Labute approximate surface area is 120 Å².